The molecule has 0 aliphatic rings. The van der Waals surface area contributed by atoms with Gasteiger partial charge in [-0.15, -0.1) is 0 Å². The lowest BCUT2D eigenvalue weighted by Gasteiger charge is -1.94. The van der Waals surface area contributed by atoms with E-state index in [0.717, 1.165) is 0 Å². The molecule has 8 heteroatoms. The van der Waals surface area contributed by atoms with Crippen LogP contribution in [0, 0.1) is 13.8 Å². The van der Waals surface area contributed by atoms with Gasteiger partial charge in [-0.05, 0) is 13.8 Å². The summed E-state index contributed by atoms with van der Waals surface area (Å²) in [5.74, 6) is 0.225. The van der Waals surface area contributed by atoms with Crippen LogP contribution in [-0.2, 0) is 4.84 Å². The van der Waals surface area contributed by atoms with Crippen LogP contribution in [0.1, 0.15) is 27.7 Å². The Morgan fingerprint density at radius 1 is 1.22 bits per heavy atom. The summed E-state index contributed by atoms with van der Waals surface area (Å²) in [4.78, 5) is 16.0. The molecule has 2 rings (SSSR count). The molecule has 0 aliphatic carbocycles. The highest BCUT2D eigenvalue weighted by Gasteiger charge is 2.13. The molecule has 0 amide bonds. The minimum absolute atomic E-state index is 0.0142. The summed E-state index contributed by atoms with van der Waals surface area (Å²) in [6, 6.07) is 2.99. The molecule has 0 saturated carbocycles. The Morgan fingerprint density at radius 3 is 2.28 bits per heavy atom. The zero-order valence-electron chi connectivity index (χ0n) is 9.71. The number of hydrogen-bond acceptors (Lipinski definition) is 7. The molecule has 0 aromatic carbocycles. The normalized spacial score (nSPS) is 11.6. The molecule has 2 aromatic heterocycles. The second-order valence-electron chi connectivity index (χ2n) is 3.50. The van der Waals surface area contributed by atoms with Gasteiger partial charge in [0.15, 0.2) is 17.2 Å². The van der Waals surface area contributed by atoms with Crippen LogP contribution in [0.25, 0.3) is 0 Å². The molecular weight excluding hydrogens is 240 g/mol. The summed E-state index contributed by atoms with van der Waals surface area (Å²) in [5, 5.41) is 10.5. The van der Waals surface area contributed by atoms with Crippen LogP contribution in [0.2, 0.25) is 0 Å². The highest BCUT2D eigenvalue weighted by Crippen LogP contribution is 2.05. The second-order valence-corrected chi connectivity index (χ2v) is 3.50. The van der Waals surface area contributed by atoms with Crippen LogP contribution in [0.15, 0.2) is 26.3 Å². The summed E-state index contributed by atoms with van der Waals surface area (Å²) >= 11 is 0. The minimum Gasteiger partial charge on any atom is -0.379 e. The number of hydrogen-bond donors (Lipinski definition) is 1. The SMILES string of the molecule is Cc1cc(C(=O)O/N=C(/N)c2cc(C)on2)no1. The Morgan fingerprint density at radius 2 is 1.78 bits per heavy atom. The summed E-state index contributed by atoms with van der Waals surface area (Å²) in [6.07, 6.45) is 0. The van der Waals surface area contributed by atoms with Crippen molar-refractivity contribution in [1.29, 1.82) is 0 Å². The molecule has 2 aromatic rings. The average molecular weight is 250 g/mol. The molecule has 0 radical (unpaired) electrons. The Labute approximate surface area is 101 Å². The predicted molar refractivity (Wildman–Crippen MR) is 58.6 cm³/mol. The number of carbonyl (C=O) groups excluding carboxylic acids is 1. The quantitative estimate of drug-likeness (QED) is 0.369. The lowest BCUT2D eigenvalue weighted by molar-refractivity contribution is 0.0504. The van der Waals surface area contributed by atoms with Gasteiger partial charge in [0.05, 0.1) is 0 Å². The molecule has 0 atom stereocenters. The molecule has 0 aliphatic heterocycles. The average Bonchev–Trinajstić information content (AvgIpc) is 2.94. The van der Waals surface area contributed by atoms with Gasteiger partial charge >= 0.3 is 5.97 Å². The molecule has 0 saturated heterocycles. The zero-order chi connectivity index (χ0) is 13.1. The van der Waals surface area contributed by atoms with Crippen LogP contribution in [0.5, 0.6) is 0 Å². The molecule has 2 N–H and O–H groups in total. The number of aryl methyl sites for hydroxylation is 2. The number of aromatic nitrogens is 2. The van der Waals surface area contributed by atoms with Gasteiger partial charge in [0, 0.05) is 12.1 Å². The van der Waals surface area contributed by atoms with Gasteiger partial charge in [0.2, 0.25) is 0 Å². The van der Waals surface area contributed by atoms with Gasteiger partial charge in [-0.2, -0.15) is 0 Å². The van der Waals surface area contributed by atoms with Crippen molar-refractivity contribution in [2.75, 3.05) is 0 Å². The van der Waals surface area contributed by atoms with E-state index in [9.17, 15) is 4.79 Å². The maximum atomic E-state index is 11.4. The van der Waals surface area contributed by atoms with Gasteiger partial charge in [-0.1, -0.05) is 15.5 Å². The van der Waals surface area contributed by atoms with Gasteiger partial charge in [0.1, 0.15) is 11.5 Å². The lowest BCUT2D eigenvalue weighted by atomic mass is 10.4. The highest BCUT2D eigenvalue weighted by molar-refractivity contribution is 5.96. The second kappa shape index (κ2) is 4.70. The molecular formula is C10H10N4O4. The van der Waals surface area contributed by atoms with E-state index in [0.29, 0.717) is 11.5 Å². The number of rotatable bonds is 3. The van der Waals surface area contributed by atoms with Crippen molar-refractivity contribution in [3.05, 3.63) is 35.0 Å². The number of amidine groups is 1. The molecule has 0 fully saturated rings. The van der Waals surface area contributed by atoms with E-state index >= 15 is 0 Å². The third-order valence-electron chi connectivity index (χ3n) is 1.95. The van der Waals surface area contributed by atoms with Gasteiger partial charge in [-0.25, -0.2) is 4.79 Å². The lowest BCUT2D eigenvalue weighted by Crippen LogP contribution is -2.15. The summed E-state index contributed by atoms with van der Waals surface area (Å²) in [6.45, 7) is 3.35. The topological polar surface area (TPSA) is 117 Å². The molecule has 8 nitrogen and oxygen atoms in total. The Kier molecular flexibility index (Phi) is 3.09. The maximum Gasteiger partial charge on any atom is 0.387 e. The molecule has 0 unspecified atom stereocenters. The number of nitrogens with zero attached hydrogens (tertiary/aromatic N) is 3. The largest absolute Gasteiger partial charge is 0.387 e. The minimum atomic E-state index is -0.769. The van der Waals surface area contributed by atoms with Crippen LogP contribution in [0.4, 0.5) is 0 Å². The van der Waals surface area contributed by atoms with Crippen molar-refractivity contribution in [3.63, 3.8) is 0 Å². The van der Waals surface area contributed by atoms with Crippen LogP contribution in [-0.4, -0.2) is 22.1 Å². The molecule has 0 bridgehead atoms. The maximum absolute atomic E-state index is 11.4. The van der Waals surface area contributed by atoms with Crippen molar-refractivity contribution in [1.82, 2.24) is 10.3 Å². The summed E-state index contributed by atoms with van der Waals surface area (Å²) < 4.78 is 9.52. The van der Waals surface area contributed by atoms with Crippen LogP contribution < -0.4 is 5.73 Å². The standard InChI is InChI=1S/C10H10N4O4/c1-5-3-7(12-16-5)9(11)14-18-10(15)8-4-6(2)17-13-8/h3-4H,1-2H3,(H2,11,14). The van der Waals surface area contributed by atoms with E-state index < -0.39 is 5.97 Å². The number of nitrogens with two attached hydrogens (primary N) is 1. The monoisotopic (exact) mass is 250 g/mol. The Balaban J connectivity index is 2.04. The van der Waals surface area contributed by atoms with E-state index in [1.165, 1.54) is 6.07 Å². The molecule has 2 heterocycles. The number of oxime groups is 1. The van der Waals surface area contributed by atoms with Gasteiger partial charge < -0.3 is 19.6 Å². The van der Waals surface area contributed by atoms with Crippen molar-refractivity contribution < 1.29 is 18.7 Å². The van der Waals surface area contributed by atoms with Crippen molar-refractivity contribution in [3.8, 4) is 0 Å². The fraction of sp³-hybridized carbons (Fsp3) is 0.200. The highest BCUT2D eigenvalue weighted by atomic mass is 16.7. The predicted octanol–water partition coefficient (Wildman–Crippen LogP) is 0.757. The van der Waals surface area contributed by atoms with E-state index in [1.807, 2.05) is 0 Å². The first-order chi connectivity index (χ1) is 8.56. The van der Waals surface area contributed by atoms with Crippen molar-refractivity contribution in [2.45, 2.75) is 13.8 Å². The van der Waals surface area contributed by atoms with Crippen molar-refractivity contribution >= 4 is 11.8 Å². The van der Waals surface area contributed by atoms with E-state index in [2.05, 4.69) is 20.3 Å². The fourth-order valence-corrected chi connectivity index (χ4v) is 1.13. The third kappa shape index (κ3) is 2.54. The van der Waals surface area contributed by atoms with Gasteiger partial charge in [0.25, 0.3) is 0 Å². The summed E-state index contributed by atoms with van der Waals surface area (Å²) in [5.41, 5.74) is 5.85. The van der Waals surface area contributed by atoms with Gasteiger partial charge in [-0.3, -0.25) is 0 Å². The fourth-order valence-electron chi connectivity index (χ4n) is 1.13. The molecule has 0 spiro atoms. The van der Waals surface area contributed by atoms with Crippen LogP contribution in [0.3, 0.4) is 0 Å². The van der Waals surface area contributed by atoms with Crippen molar-refractivity contribution in [2.24, 2.45) is 10.9 Å². The molecule has 94 valence electrons. The third-order valence-corrected chi connectivity index (χ3v) is 1.95. The summed E-state index contributed by atoms with van der Waals surface area (Å²) in [7, 11) is 0. The zero-order valence-corrected chi connectivity index (χ0v) is 9.71. The van der Waals surface area contributed by atoms with E-state index in [1.54, 1.807) is 19.9 Å². The molecule has 18 heavy (non-hydrogen) atoms. The Bertz CT molecular complexity index is 599. The first-order valence-corrected chi connectivity index (χ1v) is 4.98. The first-order valence-electron chi connectivity index (χ1n) is 4.98. The van der Waals surface area contributed by atoms with E-state index in [-0.39, 0.29) is 17.2 Å². The van der Waals surface area contributed by atoms with E-state index in [4.69, 9.17) is 14.8 Å². The number of carbonyl (C=O) groups is 1. The first kappa shape index (κ1) is 11.8. The van der Waals surface area contributed by atoms with Crippen LogP contribution >= 0.6 is 0 Å². The smallest absolute Gasteiger partial charge is 0.379 e. The Hall–Kier alpha value is -2.64.